The third kappa shape index (κ3) is 2.96. The zero-order valence-corrected chi connectivity index (χ0v) is 14.7. The molecule has 2 atom stereocenters. The summed E-state index contributed by atoms with van der Waals surface area (Å²) in [6, 6.07) is 10.1. The Morgan fingerprint density at radius 1 is 1.35 bits per heavy atom. The summed E-state index contributed by atoms with van der Waals surface area (Å²) < 4.78 is 7.70. The molecule has 0 saturated carbocycles. The molecule has 0 saturated heterocycles. The van der Waals surface area contributed by atoms with Crippen LogP contribution >= 0.6 is 43.2 Å². The Kier molecular flexibility index (Phi) is 4.50. The van der Waals surface area contributed by atoms with Crippen LogP contribution in [0, 0.1) is 0 Å². The summed E-state index contributed by atoms with van der Waals surface area (Å²) in [5.74, 6) is 1.31. The van der Waals surface area contributed by atoms with Gasteiger partial charge in [0.25, 0.3) is 0 Å². The first kappa shape index (κ1) is 14.6. The average molecular weight is 418 g/mol. The second-order valence-electron chi connectivity index (χ2n) is 4.90. The Hall–Kier alpha value is -0.360. The van der Waals surface area contributed by atoms with Crippen LogP contribution in [0.25, 0.3) is 0 Å². The zero-order chi connectivity index (χ0) is 14.1. The highest BCUT2D eigenvalue weighted by Crippen LogP contribution is 2.42. The molecular weight excluding hydrogens is 404 g/mol. The smallest absolute Gasteiger partial charge is 0.122 e. The van der Waals surface area contributed by atoms with Crippen molar-refractivity contribution in [2.75, 3.05) is 6.61 Å². The topological polar surface area (TPSA) is 29.5 Å². The van der Waals surface area contributed by atoms with Crippen LogP contribution in [-0.2, 0) is 0 Å². The predicted molar refractivity (Wildman–Crippen MR) is 88.6 cm³/mol. The van der Waals surface area contributed by atoms with Crippen molar-refractivity contribution in [2.24, 2.45) is 0 Å². The number of thiophene rings is 1. The molecule has 1 aromatic carbocycles. The van der Waals surface area contributed by atoms with E-state index < -0.39 is 6.10 Å². The van der Waals surface area contributed by atoms with Crippen LogP contribution in [0.4, 0.5) is 0 Å². The van der Waals surface area contributed by atoms with Gasteiger partial charge in [-0.05, 0) is 68.3 Å². The third-order valence-corrected chi connectivity index (χ3v) is 6.02. The highest BCUT2D eigenvalue weighted by Gasteiger charge is 2.25. The molecule has 0 radical (unpaired) electrons. The van der Waals surface area contributed by atoms with E-state index in [2.05, 4.69) is 37.9 Å². The lowest BCUT2D eigenvalue weighted by Gasteiger charge is -2.27. The van der Waals surface area contributed by atoms with E-state index in [0.29, 0.717) is 5.92 Å². The fraction of sp³-hybridized carbons (Fsp3) is 0.333. The van der Waals surface area contributed by atoms with Gasteiger partial charge < -0.3 is 9.84 Å². The van der Waals surface area contributed by atoms with E-state index in [0.717, 1.165) is 38.3 Å². The normalized spacial score (nSPS) is 19.2. The number of ether oxygens (including phenoxy) is 1. The van der Waals surface area contributed by atoms with Gasteiger partial charge in [-0.1, -0.05) is 18.2 Å². The maximum absolute atomic E-state index is 10.5. The molecule has 1 N–H and O–H groups in total. The minimum absolute atomic E-state index is 0.348. The maximum Gasteiger partial charge on any atom is 0.122 e. The molecule has 0 aliphatic carbocycles. The van der Waals surface area contributed by atoms with Crippen molar-refractivity contribution in [3.05, 3.63) is 49.0 Å². The van der Waals surface area contributed by atoms with E-state index in [4.69, 9.17) is 4.74 Å². The van der Waals surface area contributed by atoms with Crippen LogP contribution in [0.2, 0.25) is 0 Å². The second kappa shape index (κ2) is 6.18. The molecule has 1 aromatic heterocycles. The molecule has 2 unspecified atom stereocenters. The van der Waals surface area contributed by atoms with Crippen LogP contribution in [0.1, 0.15) is 36.0 Å². The molecular formula is C15H14Br2O2S. The first-order valence-electron chi connectivity index (χ1n) is 6.49. The van der Waals surface area contributed by atoms with Crippen molar-refractivity contribution >= 4 is 43.2 Å². The fourth-order valence-corrected chi connectivity index (χ4v) is 5.59. The first-order valence-corrected chi connectivity index (χ1v) is 8.90. The van der Waals surface area contributed by atoms with Gasteiger partial charge in [-0.3, -0.25) is 0 Å². The lowest BCUT2D eigenvalue weighted by atomic mass is 9.87. The highest BCUT2D eigenvalue weighted by molar-refractivity contribution is 9.12. The van der Waals surface area contributed by atoms with Crippen molar-refractivity contribution in [3.63, 3.8) is 0 Å². The summed E-state index contributed by atoms with van der Waals surface area (Å²) in [5, 5.41) is 10.5. The van der Waals surface area contributed by atoms with E-state index in [-0.39, 0.29) is 0 Å². The fourth-order valence-electron chi connectivity index (χ4n) is 2.64. The number of hydrogen-bond acceptors (Lipinski definition) is 3. The number of rotatable bonds is 3. The van der Waals surface area contributed by atoms with E-state index in [1.807, 2.05) is 24.3 Å². The van der Waals surface area contributed by atoms with Crippen LogP contribution in [-0.4, -0.2) is 11.7 Å². The van der Waals surface area contributed by atoms with Gasteiger partial charge >= 0.3 is 0 Å². The molecule has 0 amide bonds. The second-order valence-corrected chi connectivity index (χ2v) is 8.65. The monoisotopic (exact) mass is 416 g/mol. The summed E-state index contributed by atoms with van der Waals surface area (Å²) in [6.45, 7) is 0.725. The van der Waals surface area contributed by atoms with Crippen LogP contribution in [0.5, 0.6) is 5.75 Å². The van der Waals surface area contributed by atoms with Crippen LogP contribution < -0.4 is 4.74 Å². The van der Waals surface area contributed by atoms with Crippen molar-refractivity contribution < 1.29 is 9.84 Å². The van der Waals surface area contributed by atoms with Gasteiger partial charge in [0, 0.05) is 5.56 Å². The van der Waals surface area contributed by atoms with Crippen LogP contribution in [0.3, 0.4) is 0 Å². The molecule has 0 fully saturated rings. The predicted octanol–water partition coefficient (Wildman–Crippen LogP) is 5.26. The SMILES string of the molecule is OC(CC1CCOc2ccccc21)c1cc(Br)sc1Br. The highest BCUT2D eigenvalue weighted by atomic mass is 79.9. The summed E-state index contributed by atoms with van der Waals surface area (Å²) in [4.78, 5) is 0. The number of benzene rings is 1. The molecule has 0 spiro atoms. The summed E-state index contributed by atoms with van der Waals surface area (Å²) >= 11 is 8.57. The number of halogens is 2. The molecule has 2 nitrogen and oxygen atoms in total. The molecule has 2 heterocycles. The molecule has 106 valence electrons. The zero-order valence-electron chi connectivity index (χ0n) is 10.7. The van der Waals surface area contributed by atoms with E-state index >= 15 is 0 Å². The molecule has 1 aliphatic rings. The van der Waals surface area contributed by atoms with Crippen molar-refractivity contribution in [1.29, 1.82) is 0 Å². The lowest BCUT2D eigenvalue weighted by molar-refractivity contribution is 0.145. The molecule has 5 heteroatoms. The largest absolute Gasteiger partial charge is 0.493 e. The summed E-state index contributed by atoms with van der Waals surface area (Å²) in [7, 11) is 0. The Morgan fingerprint density at radius 2 is 2.15 bits per heavy atom. The molecule has 1 aliphatic heterocycles. The van der Waals surface area contributed by atoms with E-state index in [1.165, 1.54) is 5.56 Å². The summed E-state index contributed by atoms with van der Waals surface area (Å²) in [6.07, 6.45) is 1.22. The minimum atomic E-state index is -0.455. The van der Waals surface area contributed by atoms with E-state index in [9.17, 15) is 5.11 Å². The Balaban J connectivity index is 1.80. The Morgan fingerprint density at radius 3 is 2.90 bits per heavy atom. The maximum atomic E-state index is 10.5. The average Bonchev–Trinajstić information content (AvgIpc) is 2.78. The van der Waals surface area contributed by atoms with Crippen molar-refractivity contribution in [1.82, 2.24) is 0 Å². The number of aliphatic hydroxyl groups is 1. The first-order chi connectivity index (χ1) is 9.65. The van der Waals surface area contributed by atoms with Gasteiger partial charge in [-0.2, -0.15) is 0 Å². The molecule has 20 heavy (non-hydrogen) atoms. The van der Waals surface area contributed by atoms with Crippen molar-refractivity contribution in [2.45, 2.75) is 24.9 Å². The number of para-hydroxylation sites is 1. The van der Waals surface area contributed by atoms with Gasteiger partial charge in [-0.15, -0.1) is 11.3 Å². The minimum Gasteiger partial charge on any atom is -0.493 e. The third-order valence-electron chi connectivity index (χ3n) is 3.63. The number of fused-ring (bicyclic) bond motifs is 1. The quantitative estimate of drug-likeness (QED) is 0.737. The molecule has 3 rings (SSSR count). The van der Waals surface area contributed by atoms with Crippen molar-refractivity contribution in [3.8, 4) is 5.75 Å². The number of hydrogen-bond donors (Lipinski definition) is 1. The van der Waals surface area contributed by atoms with E-state index in [1.54, 1.807) is 11.3 Å². The van der Waals surface area contributed by atoms with Crippen LogP contribution in [0.15, 0.2) is 37.9 Å². The van der Waals surface area contributed by atoms with Gasteiger partial charge in [0.05, 0.1) is 20.3 Å². The Labute approximate surface area is 139 Å². The van der Waals surface area contributed by atoms with Gasteiger partial charge in [0.15, 0.2) is 0 Å². The summed E-state index contributed by atoms with van der Waals surface area (Å²) in [5.41, 5.74) is 2.18. The van der Waals surface area contributed by atoms with Gasteiger partial charge in [0.2, 0.25) is 0 Å². The molecule has 0 bridgehead atoms. The standard InChI is InChI=1S/C15H14Br2O2S/c16-14-8-11(15(17)20-14)12(18)7-9-5-6-19-13-4-2-1-3-10(9)13/h1-4,8-9,12,18H,5-7H2. The lowest BCUT2D eigenvalue weighted by Crippen LogP contribution is -2.16. The number of aliphatic hydroxyl groups excluding tert-OH is 1. The van der Waals surface area contributed by atoms with Gasteiger partial charge in [-0.25, -0.2) is 0 Å². The van der Waals surface area contributed by atoms with Gasteiger partial charge in [0.1, 0.15) is 5.75 Å². The molecule has 2 aromatic rings. The Bertz CT molecular complexity index is 612.